The number of anilines is 2. The molecule has 2 amide bonds. The number of hydrogen-bond donors (Lipinski definition) is 1. The first-order chi connectivity index (χ1) is 11.9. The molecule has 6 heteroatoms. The van der Waals surface area contributed by atoms with Crippen LogP contribution in [0.4, 0.5) is 11.4 Å². The fourth-order valence-corrected chi connectivity index (χ4v) is 3.33. The molecule has 1 atom stereocenters. The zero-order valence-corrected chi connectivity index (χ0v) is 15.5. The standard InChI is InChI=1S/C19H18Cl2N2O2/c1-11-5-3-8-16(12(11)2)23-10-13(9-17(23)24)19(25)22-15-7-4-6-14(20)18(15)21/h3-8,13H,9-10H2,1-2H3,(H,22,25)/t13-/m0/s1. The van der Waals surface area contributed by atoms with E-state index in [0.29, 0.717) is 22.3 Å². The highest BCUT2D eigenvalue weighted by atomic mass is 35.5. The Kier molecular flexibility index (Phi) is 5.02. The average Bonchev–Trinajstić information content (AvgIpc) is 2.96. The van der Waals surface area contributed by atoms with Crippen molar-refractivity contribution >= 4 is 46.4 Å². The molecule has 0 saturated carbocycles. The number of aryl methyl sites for hydroxylation is 1. The highest BCUT2D eigenvalue weighted by Crippen LogP contribution is 2.32. The third-order valence-corrected chi connectivity index (χ3v) is 5.39. The number of halogens is 2. The maximum Gasteiger partial charge on any atom is 0.229 e. The van der Waals surface area contributed by atoms with Crippen LogP contribution in [0.25, 0.3) is 0 Å². The summed E-state index contributed by atoms with van der Waals surface area (Å²) in [5.41, 5.74) is 3.48. The minimum Gasteiger partial charge on any atom is -0.324 e. The third-order valence-electron chi connectivity index (χ3n) is 4.57. The molecule has 0 aliphatic carbocycles. The van der Waals surface area contributed by atoms with Crippen molar-refractivity contribution < 1.29 is 9.59 Å². The summed E-state index contributed by atoms with van der Waals surface area (Å²) < 4.78 is 0. The van der Waals surface area contributed by atoms with E-state index in [1.165, 1.54) is 0 Å². The minimum absolute atomic E-state index is 0.0500. The summed E-state index contributed by atoms with van der Waals surface area (Å²) in [7, 11) is 0. The molecular weight excluding hydrogens is 359 g/mol. The van der Waals surface area contributed by atoms with Gasteiger partial charge in [-0.1, -0.05) is 41.4 Å². The molecule has 0 spiro atoms. The summed E-state index contributed by atoms with van der Waals surface area (Å²) in [5.74, 6) is -0.709. The van der Waals surface area contributed by atoms with Crippen LogP contribution in [-0.4, -0.2) is 18.4 Å². The van der Waals surface area contributed by atoms with Gasteiger partial charge in [0.25, 0.3) is 0 Å². The Morgan fingerprint density at radius 2 is 1.88 bits per heavy atom. The molecule has 0 bridgehead atoms. The largest absolute Gasteiger partial charge is 0.324 e. The lowest BCUT2D eigenvalue weighted by Gasteiger charge is -2.20. The van der Waals surface area contributed by atoms with Crippen molar-refractivity contribution in [2.45, 2.75) is 20.3 Å². The molecule has 4 nitrogen and oxygen atoms in total. The predicted molar refractivity (Wildman–Crippen MR) is 101 cm³/mol. The van der Waals surface area contributed by atoms with Crippen molar-refractivity contribution in [2.24, 2.45) is 5.92 Å². The summed E-state index contributed by atoms with van der Waals surface area (Å²) in [4.78, 5) is 26.7. The smallest absolute Gasteiger partial charge is 0.229 e. The molecule has 0 unspecified atom stereocenters. The molecule has 1 N–H and O–H groups in total. The van der Waals surface area contributed by atoms with E-state index in [4.69, 9.17) is 23.2 Å². The van der Waals surface area contributed by atoms with Gasteiger partial charge in [-0.25, -0.2) is 0 Å². The van der Waals surface area contributed by atoms with E-state index in [2.05, 4.69) is 5.32 Å². The Morgan fingerprint density at radius 1 is 1.16 bits per heavy atom. The van der Waals surface area contributed by atoms with Crippen LogP contribution in [0, 0.1) is 19.8 Å². The molecule has 0 radical (unpaired) electrons. The zero-order valence-electron chi connectivity index (χ0n) is 14.0. The summed E-state index contributed by atoms with van der Waals surface area (Å²) in [6, 6.07) is 10.9. The van der Waals surface area contributed by atoms with Gasteiger partial charge in [0.1, 0.15) is 0 Å². The molecular formula is C19H18Cl2N2O2. The van der Waals surface area contributed by atoms with Crippen LogP contribution in [0.3, 0.4) is 0 Å². The van der Waals surface area contributed by atoms with Crippen molar-refractivity contribution in [2.75, 3.05) is 16.8 Å². The minimum atomic E-state index is -0.428. The number of benzene rings is 2. The normalized spacial score (nSPS) is 17.0. The van der Waals surface area contributed by atoms with Crippen LogP contribution < -0.4 is 10.2 Å². The van der Waals surface area contributed by atoms with Crippen LogP contribution in [-0.2, 0) is 9.59 Å². The highest BCUT2D eigenvalue weighted by molar-refractivity contribution is 6.44. The first-order valence-corrected chi connectivity index (χ1v) is 8.75. The second-order valence-corrected chi connectivity index (χ2v) is 7.00. The molecule has 1 fully saturated rings. The maximum absolute atomic E-state index is 12.6. The van der Waals surface area contributed by atoms with E-state index in [0.717, 1.165) is 16.8 Å². The van der Waals surface area contributed by atoms with E-state index < -0.39 is 5.92 Å². The van der Waals surface area contributed by atoms with E-state index in [1.807, 2.05) is 32.0 Å². The van der Waals surface area contributed by atoms with Crippen molar-refractivity contribution in [1.29, 1.82) is 0 Å². The van der Waals surface area contributed by atoms with Crippen molar-refractivity contribution in [3.63, 3.8) is 0 Å². The molecule has 1 aliphatic heterocycles. The number of amides is 2. The quantitative estimate of drug-likeness (QED) is 0.850. The third kappa shape index (κ3) is 3.51. The Hall–Kier alpha value is -2.04. The van der Waals surface area contributed by atoms with Gasteiger partial charge in [-0.15, -0.1) is 0 Å². The molecule has 1 heterocycles. The Labute approximate surface area is 156 Å². The lowest BCUT2D eigenvalue weighted by molar-refractivity contribution is -0.122. The van der Waals surface area contributed by atoms with E-state index >= 15 is 0 Å². The van der Waals surface area contributed by atoms with Gasteiger partial charge in [-0.05, 0) is 43.2 Å². The number of hydrogen-bond acceptors (Lipinski definition) is 2. The predicted octanol–water partition coefficient (Wildman–Crippen LogP) is 4.60. The first kappa shape index (κ1) is 17.8. The summed E-state index contributed by atoms with van der Waals surface area (Å²) in [6.45, 7) is 4.34. The molecule has 1 saturated heterocycles. The van der Waals surface area contributed by atoms with Crippen LogP contribution in [0.5, 0.6) is 0 Å². The van der Waals surface area contributed by atoms with Gasteiger partial charge >= 0.3 is 0 Å². The summed E-state index contributed by atoms with van der Waals surface area (Å²) >= 11 is 12.1. The van der Waals surface area contributed by atoms with Gasteiger partial charge in [0, 0.05) is 18.7 Å². The van der Waals surface area contributed by atoms with Crippen LogP contribution in [0.15, 0.2) is 36.4 Å². The second-order valence-electron chi connectivity index (χ2n) is 6.22. The average molecular weight is 377 g/mol. The van der Waals surface area contributed by atoms with Gasteiger partial charge in [0.15, 0.2) is 0 Å². The van der Waals surface area contributed by atoms with E-state index in [-0.39, 0.29) is 18.2 Å². The fraction of sp³-hybridized carbons (Fsp3) is 0.263. The van der Waals surface area contributed by atoms with Crippen LogP contribution >= 0.6 is 23.2 Å². The van der Waals surface area contributed by atoms with E-state index in [9.17, 15) is 9.59 Å². The molecule has 3 rings (SSSR count). The van der Waals surface area contributed by atoms with Gasteiger partial charge in [-0.2, -0.15) is 0 Å². The van der Waals surface area contributed by atoms with Crippen molar-refractivity contribution in [1.82, 2.24) is 0 Å². The fourth-order valence-electron chi connectivity index (χ4n) is 2.98. The number of carbonyl (C=O) groups is 2. The summed E-state index contributed by atoms with van der Waals surface area (Å²) in [5, 5.41) is 3.45. The van der Waals surface area contributed by atoms with Crippen LogP contribution in [0.2, 0.25) is 10.0 Å². The van der Waals surface area contributed by atoms with Crippen molar-refractivity contribution in [3.05, 3.63) is 57.6 Å². The van der Waals surface area contributed by atoms with Gasteiger partial charge in [0.05, 0.1) is 21.7 Å². The molecule has 25 heavy (non-hydrogen) atoms. The number of carbonyl (C=O) groups excluding carboxylic acids is 2. The Balaban J connectivity index is 1.77. The highest BCUT2D eigenvalue weighted by Gasteiger charge is 2.36. The van der Waals surface area contributed by atoms with Gasteiger partial charge < -0.3 is 10.2 Å². The number of nitrogens with one attached hydrogen (secondary N) is 1. The number of nitrogens with zero attached hydrogens (tertiary/aromatic N) is 1. The van der Waals surface area contributed by atoms with Crippen LogP contribution in [0.1, 0.15) is 17.5 Å². The Morgan fingerprint density at radius 3 is 2.64 bits per heavy atom. The first-order valence-electron chi connectivity index (χ1n) is 8.00. The zero-order chi connectivity index (χ0) is 18.1. The topological polar surface area (TPSA) is 49.4 Å². The monoisotopic (exact) mass is 376 g/mol. The number of rotatable bonds is 3. The molecule has 0 aromatic heterocycles. The maximum atomic E-state index is 12.6. The van der Waals surface area contributed by atoms with Gasteiger partial charge in [-0.3, -0.25) is 9.59 Å². The Bertz CT molecular complexity index is 851. The molecule has 2 aromatic rings. The molecule has 2 aromatic carbocycles. The second kappa shape index (κ2) is 7.06. The SMILES string of the molecule is Cc1cccc(N2C[C@@H](C(=O)Nc3cccc(Cl)c3Cl)CC2=O)c1C. The lowest BCUT2D eigenvalue weighted by Crippen LogP contribution is -2.28. The van der Waals surface area contributed by atoms with Crippen molar-refractivity contribution in [3.8, 4) is 0 Å². The molecule has 1 aliphatic rings. The van der Waals surface area contributed by atoms with E-state index in [1.54, 1.807) is 23.1 Å². The molecule has 130 valence electrons. The lowest BCUT2D eigenvalue weighted by atomic mass is 10.1. The van der Waals surface area contributed by atoms with Gasteiger partial charge in [0.2, 0.25) is 11.8 Å². The summed E-state index contributed by atoms with van der Waals surface area (Å²) in [6.07, 6.45) is 0.178.